The van der Waals surface area contributed by atoms with Crippen molar-refractivity contribution in [2.75, 3.05) is 6.61 Å². The molecule has 1 saturated carbocycles. The van der Waals surface area contributed by atoms with Crippen molar-refractivity contribution in [3.05, 3.63) is 24.5 Å². The molecule has 0 aliphatic heterocycles. The quantitative estimate of drug-likeness (QED) is 0.742. The lowest BCUT2D eigenvalue weighted by Gasteiger charge is -2.35. The van der Waals surface area contributed by atoms with Crippen LogP contribution in [0.5, 0.6) is 0 Å². The van der Waals surface area contributed by atoms with Gasteiger partial charge in [-0.1, -0.05) is 17.9 Å². The summed E-state index contributed by atoms with van der Waals surface area (Å²) >= 11 is 0. The maximum Gasteiger partial charge on any atom is 0.407 e. The number of carbonyl (C=O) groups excluding carboxylic acids is 1. The summed E-state index contributed by atoms with van der Waals surface area (Å²) in [6.45, 7) is 4.25. The summed E-state index contributed by atoms with van der Waals surface area (Å²) in [5.74, 6) is -0.739. The number of aromatic carboxylic acids is 1. The maximum atomic E-state index is 11.3. The number of carbonyl (C=O) groups is 2. The second-order valence-corrected chi connectivity index (χ2v) is 4.70. The van der Waals surface area contributed by atoms with Crippen LogP contribution in [0, 0.1) is 5.92 Å². The minimum atomic E-state index is -1.09. The van der Waals surface area contributed by atoms with Crippen molar-refractivity contribution in [3.63, 3.8) is 0 Å². The molecule has 1 aromatic heterocycles. The molecule has 0 aromatic carbocycles. The molecule has 1 heterocycles. The minimum Gasteiger partial charge on any atom is -0.476 e. The van der Waals surface area contributed by atoms with Crippen LogP contribution < -0.4 is 5.32 Å². The van der Waals surface area contributed by atoms with Gasteiger partial charge in [-0.05, 0) is 18.8 Å². The van der Waals surface area contributed by atoms with Crippen LogP contribution in [0.25, 0.3) is 0 Å². The van der Waals surface area contributed by atoms with Crippen LogP contribution in [0.2, 0.25) is 0 Å². The molecule has 0 radical (unpaired) electrons. The van der Waals surface area contributed by atoms with E-state index < -0.39 is 12.1 Å². The van der Waals surface area contributed by atoms with Gasteiger partial charge in [-0.2, -0.15) is 0 Å². The molecule has 0 spiro atoms. The van der Waals surface area contributed by atoms with Crippen molar-refractivity contribution in [2.45, 2.75) is 25.4 Å². The fraction of sp³-hybridized carbons (Fsp3) is 0.500. The highest BCUT2D eigenvalue weighted by Crippen LogP contribution is 2.28. The summed E-state index contributed by atoms with van der Waals surface area (Å²) in [7, 11) is 0. The number of hydrogen-bond acceptors (Lipinski definition) is 5. The average Bonchev–Trinajstić information content (AvgIpc) is 2.82. The number of amides is 1. The molecule has 0 bridgehead atoms. The SMILES string of the molecule is C=CCOC(=O)NC1CC(Cn2cc(C(=O)O)nn2)C1. The summed E-state index contributed by atoms with van der Waals surface area (Å²) in [5.41, 5.74) is -0.0630. The van der Waals surface area contributed by atoms with Gasteiger partial charge >= 0.3 is 12.1 Å². The van der Waals surface area contributed by atoms with Gasteiger partial charge in [0, 0.05) is 12.6 Å². The smallest absolute Gasteiger partial charge is 0.407 e. The highest BCUT2D eigenvalue weighted by molar-refractivity contribution is 5.84. The Morgan fingerprint density at radius 2 is 2.35 bits per heavy atom. The second kappa shape index (κ2) is 6.18. The summed E-state index contributed by atoms with van der Waals surface area (Å²) < 4.78 is 6.33. The van der Waals surface area contributed by atoms with Crippen LogP contribution in [0.4, 0.5) is 4.79 Å². The third kappa shape index (κ3) is 3.56. The third-order valence-electron chi connectivity index (χ3n) is 3.09. The molecule has 1 amide bonds. The zero-order valence-corrected chi connectivity index (χ0v) is 10.9. The van der Waals surface area contributed by atoms with Gasteiger partial charge in [-0.15, -0.1) is 5.10 Å². The minimum absolute atomic E-state index is 0.0630. The van der Waals surface area contributed by atoms with Crippen LogP contribution in [0.3, 0.4) is 0 Å². The molecule has 1 aliphatic rings. The first-order chi connectivity index (χ1) is 9.58. The third-order valence-corrected chi connectivity index (χ3v) is 3.09. The topological polar surface area (TPSA) is 106 Å². The number of alkyl carbamates (subject to hydrolysis) is 1. The van der Waals surface area contributed by atoms with Crippen molar-refractivity contribution in [3.8, 4) is 0 Å². The van der Waals surface area contributed by atoms with Crippen LogP contribution >= 0.6 is 0 Å². The first-order valence-electron chi connectivity index (χ1n) is 6.26. The zero-order chi connectivity index (χ0) is 14.5. The largest absolute Gasteiger partial charge is 0.476 e. The van der Waals surface area contributed by atoms with Crippen molar-refractivity contribution in [2.24, 2.45) is 5.92 Å². The summed E-state index contributed by atoms with van der Waals surface area (Å²) in [6, 6.07) is 0.0970. The first-order valence-corrected chi connectivity index (χ1v) is 6.26. The lowest BCUT2D eigenvalue weighted by Crippen LogP contribution is -2.45. The highest BCUT2D eigenvalue weighted by Gasteiger charge is 2.31. The van der Waals surface area contributed by atoms with Crippen molar-refractivity contribution in [1.29, 1.82) is 0 Å². The fourth-order valence-electron chi connectivity index (χ4n) is 2.10. The number of ether oxygens (including phenoxy) is 1. The van der Waals surface area contributed by atoms with Gasteiger partial charge in [0.05, 0.1) is 6.20 Å². The van der Waals surface area contributed by atoms with Crippen molar-refractivity contribution in [1.82, 2.24) is 20.3 Å². The van der Waals surface area contributed by atoms with Crippen LogP contribution in [-0.2, 0) is 11.3 Å². The number of rotatable bonds is 6. The maximum absolute atomic E-state index is 11.3. The van der Waals surface area contributed by atoms with E-state index in [-0.39, 0.29) is 18.3 Å². The van der Waals surface area contributed by atoms with Gasteiger partial charge in [0.2, 0.25) is 0 Å². The molecule has 0 saturated heterocycles. The Balaban J connectivity index is 1.69. The normalized spacial score (nSPS) is 20.8. The molecule has 108 valence electrons. The molecule has 0 unspecified atom stereocenters. The molecular weight excluding hydrogens is 264 g/mol. The molecule has 8 nitrogen and oxygen atoms in total. The Morgan fingerprint density at radius 1 is 1.60 bits per heavy atom. The molecule has 0 atom stereocenters. The monoisotopic (exact) mass is 280 g/mol. The van der Waals surface area contributed by atoms with Crippen molar-refractivity contribution >= 4 is 12.1 Å². The van der Waals surface area contributed by atoms with E-state index >= 15 is 0 Å². The number of nitrogens with zero attached hydrogens (tertiary/aromatic N) is 3. The molecule has 1 aromatic rings. The summed E-state index contributed by atoms with van der Waals surface area (Å²) in [6.07, 6.45) is 4.09. The van der Waals surface area contributed by atoms with E-state index in [1.807, 2.05) is 0 Å². The Labute approximate surface area is 115 Å². The van der Waals surface area contributed by atoms with Gasteiger partial charge < -0.3 is 15.2 Å². The van der Waals surface area contributed by atoms with Crippen molar-refractivity contribution < 1.29 is 19.4 Å². The van der Waals surface area contributed by atoms with Gasteiger partial charge in [-0.25, -0.2) is 9.59 Å². The molecule has 2 N–H and O–H groups in total. The van der Waals surface area contributed by atoms with E-state index in [1.165, 1.54) is 17.0 Å². The number of nitrogens with one attached hydrogen (secondary N) is 1. The van der Waals surface area contributed by atoms with E-state index in [9.17, 15) is 9.59 Å². The summed E-state index contributed by atoms with van der Waals surface area (Å²) in [4.78, 5) is 21.9. The molecule has 1 fully saturated rings. The van der Waals surface area contributed by atoms with Gasteiger partial charge in [-0.3, -0.25) is 4.68 Å². The van der Waals surface area contributed by atoms with E-state index in [1.54, 1.807) is 0 Å². The van der Waals surface area contributed by atoms with Crippen LogP contribution in [-0.4, -0.2) is 44.8 Å². The fourth-order valence-corrected chi connectivity index (χ4v) is 2.10. The number of hydrogen-bond donors (Lipinski definition) is 2. The lowest BCUT2D eigenvalue weighted by molar-refractivity contribution is 0.0690. The van der Waals surface area contributed by atoms with E-state index in [4.69, 9.17) is 9.84 Å². The average molecular weight is 280 g/mol. The van der Waals surface area contributed by atoms with Gasteiger partial charge in [0.25, 0.3) is 0 Å². The van der Waals surface area contributed by atoms with Gasteiger partial charge in [0.1, 0.15) is 6.61 Å². The molecule has 1 aliphatic carbocycles. The Morgan fingerprint density at radius 3 is 2.95 bits per heavy atom. The predicted octanol–water partition coefficient (Wildman–Crippen LogP) is 0.667. The van der Waals surface area contributed by atoms with E-state index in [0.717, 1.165) is 12.8 Å². The Hall–Kier alpha value is -2.38. The summed E-state index contributed by atoms with van der Waals surface area (Å²) in [5, 5.41) is 18.8. The first kappa shape index (κ1) is 14.0. The number of carboxylic acids is 1. The standard InChI is InChI=1S/C12H16N4O4/c1-2-3-20-12(19)13-9-4-8(5-9)6-16-7-10(11(17)18)14-15-16/h2,7-9H,1,3-6H2,(H,13,19)(H,17,18). The number of carboxylic acid groups (broad SMARTS) is 1. The molecule has 20 heavy (non-hydrogen) atoms. The van der Waals surface area contributed by atoms with Gasteiger partial charge in [0.15, 0.2) is 5.69 Å². The second-order valence-electron chi connectivity index (χ2n) is 4.70. The Kier molecular flexibility index (Phi) is 4.34. The molecule has 8 heteroatoms. The Bertz CT molecular complexity index is 507. The highest BCUT2D eigenvalue weighted by atomic mass is 16.5. The zero-order valence-electron chi connectivity index (χ0n) is 10.9. The number of aromatic nitrogens is 3. The van der Waals surface area contributed by atoms with Crippen LogP contribution in [0.15, 0.2) is 18.9 Å². The lowest BCUT2D eigenvalue weighted by atomic mass is 9.80. The molecular formula is C12H16N4O4. The molecule has 2 rings (SSSR count). The van der Waals surface area contributed by atoms with E-state index in [2.05, 4.69) is 22.2 Å². The van der Waals surface area contributed by atoms with Crippen LogP contribution in [0.1, 0.15) is 23.3 Å². The predicted molar refractivity (Wildman–Crippen MR) is 68.2 cm³/mol. The van der Waals surface area contributed by atoms with E-state index in [0.29, 0.717) is 12.5 Å².